The van der Waals surface area contributed by atoms with Crippen LogP contribution in [-0.4, -0.2) is 54.2 Å². The number of rotatable bonds is 6. The molecule has 1 aliphatic rings. The van der Waals surface area contributed by atoms with Crippen molar-refractivity contribution in [3.8, 4) is 5.82 Å². The fourth-order valence-corrected chi connectivity index (χ4v) is 2.30. The summed E-state index contributed by atoms with van der Waals surface area (Å²) in [5, 5.41) is 13.0. The molecule has 0 saturated heterocycles. The Kier molecular flexibility index (Phi) is 4.05. The highest BCUT2D eigenvalue weighted by atomic mass is 16.4. The van der Waals surface area contributed by atoms with Gasteiger partial charge in [-0.2, -0.15) is 5.10 Å². The standard InChI is InChI=1S/C15H17N5O3/c1-10(15(22)23)7-19(12-3-4-12)14(21)11-2-5-13(17-6-11)20-9-16-8-18-20/h2,5-6,8-10,12H,3-4,7H2,1H3,(H,22,23). The Labute approximate surface area is 132 Å². The summed E-state index contributed by atoms with van der Waals surface area (Å²) >= 11 is 0. The first-order valence-corrected chi connectivity index (χ1v) is 7.41. The first kappa shape index (κ1) is 15.1. The first-order chi connectivity index (χ1) is 11.1. The second-order valence-corrected chi connectivity index (χ2v) is 5.67. The zero-order valence-corrected chi connectivity index (χ0v) is 12.7. The molecule has 2 heterocycles. The molecule has 1 unspecified atom stereocenters. The fraction of sp³-hybridized carbons (Fsp3) is 0.400. The third kappa shape index (κ3) is 3.36. The van der Waals surface area contributed by atoms with Crippen LogP contribution in [-0.2, 0) is 4.79 Å². The molecule has 2 aromatic heterocycles. The average molecular weight is 315 g/mol. The number of aromatic nitrogens is 4. The van der Waals surface area contributed by atoms with Crippen molar-refractivity contribution in [3.63, 3.8) is 0 Å². The molecule has 1 atom stereocenters. The number of carboxylic acid groups (broad SMARTS) is 1. The molecule has 1 fully saturated rings. The Bertz CT molecular complexity index is 694. The van der Waals surface area contributed by atoms with Crippen molar-refractivity contribution in [2.24, 2.45) is 5.92 Å². The molecule has 1 amide bonds. The van der Waals surface area contributed by atoms with Crippen LogP contribution >= 0.6 is 0 Å². The van der Waals surface area contributed by atoms with E-state index in [1.807, 2.05) is 0 Å². The Hall–Kier alpha value is -2.77. The number of nitrogens with zero attached hydrogens (tertiary/aromatic N) is 5. The second kappa shape index (κ2) is 6.15. The predicted molar refractivity (Wildman–Crippen MR) is 80.0 cm³/mol. The topological polar surface area (TPSA) is 101 Å². The summed E-state index contributed by atoms with van der Waals surface area (Å²) in [6.07, 6.45) is 6.25. The molecule has 23 heavy (non-hydrogen) atoms. The minimum absolute atomic E-state index is 0.138. The van der Waals surface area contributed by atoms with Gasteiger partial charge >= 0.3 is 5.97 Å². The molecule has 1 saturated carbocycles. The number of hydrogen-bond acceptors (Lipinski definition) is 5. The van der Waals surface area contributed by atoms with Gasteiger partial charge in [0.2, 0.25) is 0 Å². The number of hydrogen-bond donors (Lipinski definition) is 1. The molecule has 0 radical (unpaired) electrons. The molecular weight excluding hydrogens is 298 g/mol. The number of aliphatic carboxylic acids is 1. The van der Waals surface area contributed by atoms with Crippen molar-refractivity contribution in [2.45, 2.75) is 25.8 Å². The lowest BCUT2D eigenvalue weighted by Gasteiger charge is -2.24. The van der Waals surface area contributed by atoms with Crippen LogP contribution in [0.4, 0.5) is 0 Å². The second-order valence-electron chi connectivity index (χ2n) is 5.67. The van der Waals surface area contributed by atoms with E-state index in [4.69, 9.17) is 5.11 Å². The number of amides is 1. The molecule has 0 spiro atoms. The lowest BCUT2D eigenvalue weighted by molar-refractivity contribution is -0.141. The number of carbonyl (C=O) groups is 2. The quantitative estimate of drug-likeness (QED) is 0.853. The van der Waals surface area contributed by atoms with Crippen LogP contribution in [0.2, 0.25) is 0 Å². The summed E-state index contributed by atoms with van der Waals surface area (Å²) in [4.78, 5) is 33.4. The van der Waals surface area contributed by atoms with E-state index in [-0.39, 0.29) is 18.5 Å². The molecule has 120 valence electrons. The molecular formula is C15H17N5O3. The van der Waals surface area contributed by atoms with Gasteiger partial charge in [-0.15, -0.1) is 0 Å². The number of carboxylic acids is 1. The van der Waals surface area contributed by atoms with Crippen molar-refractivity contribution in [2.75, 3.05) is 6.54 Å². The van der Waals surface area contributed by atoms with Gasteiger partial charge < -0.3 is 10.0 Å². The van der Waals surface area contributed by atoms with Crippen LogP contribution in [0.25, 0.3) is 5.82 Å². The summed E-state index contributed by atoms with van der Waals surface area (Å²) in [5.74, 6) is -1.11. The molecule has 2 aromatic rings. The smallest absolute Gasteiger partial charge is 0.308 e. The normalized spacial score (nSPS) is 15.2. The van der Waals surface area contributed by atoms with Gasteiger partial charge in [-0.3, -0.25) is 9.59 Å². The van der Waals surface area contributed by atoms with E-state index in [9.17, 15) is 9.59 Å². The van der Waals surface area contributed by atoms with Crippen molar-refractivity contribution >= 4 is 11.9 Å². The maximum absolute atomic E-state index is 12.6. The van der Waals surface area contributed by atoms with E-state index in [0.29, 0.717) is 11.4 Å². The molecule has 8 heteroatoms. The predicted octanol–water partition coefficient (Wildman–Crippen LogP) is 0.988. The SMILES string of the molecule is CC(CN(C(=O)c1ccc(-n2cncn2)nc1)C1CC1)C(=O)O. The van der Waals surface area contributed by atoms with Gasteiger partial charge in [0.1, 0.15) is 12.7 Å². The van der Waals surface area contributed by atoms with Crippen LogP contribution in [0.3, 0.4) is 0 Å². The van der Waals surface area contributed by atoms with Crippen molar-refractivity contribution in [3.05, 3.63) is 36.5 Å². The van der Waals surface area contributed by atoms with Crippen molar-refractivity contribution < 1.29 is 14.7 Å². The van der Waals surface area contributed by atoms with E-state index in [0.717, 1.165) is 12.8 Å². The maximum atomic E-state index is 12.6. The third-order valence-electron chi connectivity index (χ3n) is 3.79. The summed E-state index contributed by atoms with van der Waals surface area (Å²) in [5.41, 5.74) is 0.443. The van der Waals surface area contributed by atoms with Crippen LogP contribution in [0.5, 0.6) is 0 Å². The van der Waals surface area contributed by atoms with E-state index in [1.165, 1.54) is 23.5 Å². The van der Waals surface area contributed by atoms with Crippen molar-refractivity contribution in [1.82, 2.24) is 24.6 Å². The highest BCUT2D eigenvalue weighted by Gasteiger charge is 2.35. The molecule has 0 aliphatic heterocycles. The first-order valence-electron chi connectivity index (χ1n) is 7.41. The Morgan fingerprint density at radius 1 is 1.43 bits per heavy atom. The van der Waals surface area contributed by atoms with Gasteiger partial charge in [0.15, 0.2) is 5.82 Å². The minimum atomic E-state index is -0.900. The summed E-state index contributed by atoms with van der Waals surface area (Å²) in [7, 11) is 0. The molecule has 0 aromatic carbocycles. The highest BCUT2D eigenvalue weighted by Crippen LogP contribution is 2.29. The number of carbonyl (C=O) groups excluding carboxylic acids is 1. The van der Waals surface area contributed by atoms with Crippen LogP contribution in [0, 0.1) is 5.92 Å². The Morgan fingerprint density at radius 2 is 2.22 bits per heavy atom. The van der Waals surface area contributed by atoms with E-state index < -0.39 is 11.9 Å². The summed E-state index contributed by atoms with van der Waals surface area (Å²) < 4.78 is 1.50. The van der Waals surface area contributed by atoms with Gasteiger partial charge in [-0.25, -0.2) is 14.6 Å². The van der Waals surface area contributed by atoms with Gasteiger partial charge in [0.25, 0.3) is 5.91 Å². The third-order valence-corrected chi connectivity index (χ3v) is 3.79. The van der Waals surface area contributed by atoms with E-state index in [1.54, 1.807) is 24.0 Å². The molecule has 0 bridgehead atoms. The van der Waals surface area contributed by atoms with Gasteiger partial charge in [0.05, 0.1) is 11.5 Å². The average Bonchev–Trinajstić information content (AvgIpc) is 3.25. The van der Waals surface area contributed by atoms with E-state index >= 15 is 0 Å². The fourth-order valence-electron chi connectivity index (χ4n) is 2.30. The lowest BCUT2D eigenvalue weighted by Crippen LogP contribution is -2.38. The summed E-state index contributed by atoms with van der Waals surface area (Å²) in [6, 6.07) is 3.50. The lowest BCUT2D eigenvalue weighted by atomic mass is 10.1. The van der Waals surface area contributed by atoms with Crippen LogP contribution in [0.15, 0.2) is 31.0 Å². The van der Waals surface area contributed by atoms with Gasteiger partial charge in [0, 0.05) is 18.8 Å². The summed E-state index contributed by atoms with van der Waals surface area (Å²) in [6.45, 7) is 1.82. The largest absolute Gasteiger partial charge is 0.481 e. The zero-order chi connectivity index (χ0) is 16.4. The van der Waals surface area contributed by atoms with Crippen LogP contribution in [0.1, 0.15) is 30.1 Å². The maximum Gasteiger partial charge on any atom is 0.308 e. The van der Waals surface area contributed by atoms with Gasteiger partial charge in [-0.05, 0) is 25.0 Å². The van der Waals surface area contributed by atoms with Gasteiger partial charge in [-0.1, -0.05) is 6.92 Å². The zero-order valence-electron chi connectivity index (χ0n) is 12.7. The Morgan fingerprint density at radius 3 is 2.74 bits per heavy atom. The van der Waals surface area contributed by atoms with Crippen LogP contribution < -0.4 is 0 Å². The Balaban J connectivity index is 1.76. The molecule has 1 aliphatic carbocycles. The monoisotopic (exact) mass is 315 g/mol. The highest BCUT2D eigenvalue weighted by molar-refractivity contribution is 5.94. The molecule has 3 rings (SSSR count). The minimum Gasteiger partial charge on any atom is -0.481 e. The van der Waals surface area contributed by atoms with Crippen molar-refractivity contribution in [1.29, 1.82) is 0 Å². The number of pyridine rings is 1. The van der Waals surface area contributed by atoms with E-state index in [2.05, 4.69) is 15.1 Å². The molecule has 1 N–H and O–H groups in total. The molecule has 8 nitrogen and oxygen atoms in total.